The van der Waals surface area contributed by atoms with Gasteiger partial charge in [-0.15, -0.1) is 0 Å². The third-order valence-corrected chi connectivity index (χ3v) is 1.62. The molecule has 0 aliphatic heterocycles. The van der Waals surface area contributed by atoms with E-state index in [1.165, 1.54) is 4.57 Å². The molecule has 11 heavy (non-hydrogen) atoms. The highest BCUT2D eigenvalue weighted by atomic mass is 14.9. The van der Waals surface area contributed by atoms with Crippen LogP contribution in [0.5, 0.6) is 0 Å². The topological polar surface area (TPSA) is 28.7 Å². The molecule has 1 aromatic carbocycles. The number of nitriles is 1. The first-order valence-electron chi connectivity index (χ1n) is 3.30. The first kappa shape index (κ1) is 5.99. The molecule has 2 rings (SSSR count). The monoisotopic (exact) mass is 141 g/mol. The summed E-state index contributed by atoms with van der Waals surface area (Å²) in [5.41, 5.74) is 0.912. The van der Waals surface area contributed by atoms with Gasteiger partial charge in [0.2, 0.25) is 0 Å². The molecule has 2 nitrogen and oxygen atoms in total. The average molecular weight is 141 g/mol. The van der Waals surface area contributed by atoms with E-state index in [1.54, 1.807) is 6.20 Å². The standard InChI is InChI=1S/C9H5N2/c10-7-11-6-5-8-3-1-2-4-9(8)11/h1-4,6H. The fraction of sp³-hybridized carbons (Fsp3) is 0. The van der Waals surface area contributed by atoms with E-state index in [9.17, 15) is 0 Å². The molecule has 0 saturated heterocycles. The molecule has 1 heterocycles. The maximum absolute atomic E-state index is 8.62. The summed E-state index contributed by atoms with van der Waals surface area (Å²) >= 11 is 0. The predicted octanol–water partition coefficient (Wildman–Crippen LogP) is 1.77. The van der Waals surface area contributed by atoms with Gasteiger partial charge < -0.3 is 0 Å². The summed E-state index contributed by atoms with van der Waals surface area (Å²) in [6, 6.07) is 10.6. The maximum Gasteiger partial charge on any atom is 0.188 e. The Balaban J connectivity index is 2.89. The second-order valence-electron chi connectivity index (χ2n) is 2.26. The number of hydrogen-bond donors (Lipinski definition) is 0. The van der Waals surface area contributed by atoms with E-state index in [0.29, 0.717) is 0 Å². The zero-order chi connectivity index (χ0) is 7.68. The minimum absolute atomic E-state index is 0.912. The van der Waals surface area contributed by atoms with Crippen molar-refractivity contribution in [1.29, 1.82) is 5.26 Å². The van der Waals surface area contributed by atoms with Gasteiger partial charge in [0, 0.05) is 17.6 Å². The Morgan fingerprint density at radius 1 is 1.36 bits per heavy atom. The molecule has 51 valence electrons. The van der Waals surface area contributed by atoms with Gasteiger partial charge in [0.05, 0.1) is 5.52 Å². The fourth-order valence-electron chi connectivity index (χ4n) is 1.09. The van der Waals surface area contributed by atoms with Crippen LogP contribution >= 0.6 is 0 Å². The zero-order valence-electron chi connectivity index (χ0n) is 5.78. The lowest BCUT2D eigenvalue weighted by Crippen LogP contribution is -1.81. The number of fused-ring (bicyclic) bond motifs is 1. The second kappa shape index (κ2) is 2.14. The molecule has 0 N–H and O–H groups in total. The van der Waals surface area contributed by atoms with Crippen LogP contribution in [0, 0.1) is 17.5 Å². The summed E-state index contributed by atoms with van der Waals surface area (Å²) in [4.78, 5) is 0. The Hall–Kier alpha value is -1.75. The zero-order valence-corrected chi connectivity index (χ0v) is 5.78. The SMILES string of the molecule is N#Cn1c[c]c2ccccc21. The lowest BCUT2D eigenvalue weighted by molar-refractivity contribution is 1.15. The first-order chi connectivity index (χ1) is 5.42. The molecule has 0 amide bonds. The van der Waals surface area contributed by atoms with Crippen LogP contribution in [0.3, 0.4) is 0 Å². The summed E-state index contributed by atoms with van der Waals surface area (Å²) in [5.74, 6) is 0. The molecular weight excluding hydrogens is 136 g/mol. The molecule has 1 aromatic heterocycles. The van der Waals surface area contributed by atoms with Crippen LogP contribution < -0.4 is 0 Å². The Kier molecular flexibility index (Phi) is 1.16. The van der Waals surface area contributed by atoms with Crippen LogP contribution in [-0.2, 0) is 0 Å². The van der Waals surface area contributed by atoms with Crippen molar-refractivity contribution in [1.82, 2.24) is 4.57 Å². The molecule has 0 aliphatic rings. The summed E-state index contributed by atoms with van der Waals surface area (Å²) in [6.45, 7) is 0. The van der Waals surface area contributed by atoms with Gasteiger partial charge in [0.15, 0.2) is 6.19 Å². The lowest BCUT2D eigenvalue weighted by Gasteiger charge is -1.89. The smallest absolute Gasteiger partial charge is 0.188 e. The second-order valence-corrected chi connectivity index (χ2v) is 2.26. The van der Waals surface area contributed by atoms with Crippen molar-refractivity contribution in [3.63, 3.8) is 0 Å². The van der Waals surface area contributed by atoms with E-state index in [1.807, 2.05) is 30.5 Å². The van der Waals surface area contributed by atoms with Crippen LogP contribution in [0.4, 0.5) is 0 Å². The summed E-state index contributed by atoms with van der Waals surface area (Å²) in [6.07, 6.45) is 3.68. The van der Waals surface area contributed by atoms with Gasteiger partial charge in [-0.3, -0.25) is 4.57 Å². The van der Waals surface area contributed by atoms with E-state index >= 15 is 0 Å². The average Bonchev–Trinajstić information content (AvgIpc) is 2.47. The summed E-state index contributed by atoms with van der Waals surface area (Å²) in [7, 11) is 0. The minimum Gasteiger partial charge on any atom is -0.254 e. The fourth-order valence-corrected chi connectivity index (χ4v) is 1.09. The number of aromatic nitrogens is 1. The van der Waals surface area contributed by atoms with E-state index in [2.05, 4.69) is 6.07 Å². The molecular formula is C9H5N2. The number of rotatable bonds is 0. The molecule has 0 spiro atoms. The Bertz CT molecular complexity index is 420. The van der Waals surface area contributed by atoms with Crippen LogP contribution in [0.15, 0.2) is 30.5 Å². The quantitative estimate of drug-likeness (QED) is 0.549. The van der Waals surface area contributed by atoms with Crippen molar-refractivity contribution >= 4 is 10.9 Å². The van der Waals surface area contributed by atoms with Crippen LogP contribution in [0.2, 0.25) is 0 Å². The van der Waals surface area contributed by atoms with Crippen molar-refractivity contribution < 1.29 is 0 Å². The maximum atomic E-state index is 8.62. The Morgan fingerprint density at radius 2 is 2.18 bits per heavy atom. The molecule has 2 aromatic rings. The first-order valence-corrected chi connectivity index (χ1v) is 3.30. The molecule has 0 bridgehead atoms. The van der Waals surface area contributed by atoms with E-state index in [0.717, 1.165) is 10.9 Å². The molecule has 0 aliphatic carbocycles. The van der Waals surface area contributed by atoms with Crippen LogP contribution in [0.25, 0.3) is 10.9 Å². The van der Waals surface area contributed by atoms with E-state index in [4.69, 9.17) is 5.26 Å². The number of nitrogens with zero attached hydrogens (tertiary/aromatic N) is 2. The summed E-state index contributed by atoms with van der Waals surface area (Å²) < 4.78 is 1.50. The van der Waals surface area contributed by atoms with Crippen molar-refractivity contribution in [3.05, 3.63) is 36.5 Å². The van der Waals surface area contributed by atoms with Crippen molar-refractivity contribution in [3.8, 4) is 6.19 Å². The van der Waals surface area contributed by atoms with Gasteiger partial charge in [0.1, 0.15) is 0 Å². The highest BCUT2D eigenvalue weighted by Crippen LogP contribution is 2.12. The van der Waals surface area contributed by atoms with Gasteiger partial charge in [-0.1, -0.05) is 18.2 Å². The largest absolute Gasteiger partial charge is 0.254 e. The number of benzene rings is 1. The highest BCUT2D eigenvalue weighted by molar-refractivity contribution is 5.79. The van der Waals surface area contributed by atoms with Crippen LogP contribution in [0.1, 0.15) is 0 Å². The molecule has 0 unspecified atom stereocenters. The molecule has 0 atom stereocenters. The van der Waals surface area contributed by atoms with Gasteiger partial charge in [-0.2, -0.15) is 5.26 Å². The third kappa shape index (κ3) is 0.786. The van der Waals surface area contributed by atoms with Gasteiger partial charge in [0.25, 0.3) is 0 Å². The molecule has 2 heteroatoms. The van der Waals surface area contributed by atoms with Crippen LogP contribution in [-0.4, -0.2) is 4.57 Å². The Labute approximate surface area is 64.3 Å². The number of para-hydroxylation sites is 1. The summed E-state index contributed by atoms with van der Waals surface area (Å²) in [5, 5.41) is 9.60. The molecule has 1 radical (unpaired) electrons. The van der Waals surface area contributed by atoms with Gasteiger partial charge >= 0.3 is 0 Å². The highest BCUT2D eigenvalue weighted by Gasteiger charge is 1.96. The molecule has 0 fully saturated rings. The Morgan fingerprint density at radius 3 is 3.00 bits per heavy atom. The minimum atomic E-state index is 0.912. The van der Waals surface area contributed by atoms with Gasteiger partial charge in [-0.05, 0) is 6.07 Å². The van der Waals surface area contributed by atoms with E-state index in [-0.39, 0.29) is 0 Å². The predicted molar refractivity (Wildman–Crippen MR) is 41.8 cm³/mol. The lowest BCUT2D eigenvalue weighted by atomic mass is 10.2. The van der Waals surface area contributed by atoms with Gasteiger partial charge in [-0.25, -0.2) is 0 Å². The van der Waals surface area contributed by atoms with Crippen molar-refractivity contribution in [2.75, 3.05) is 0 Å². The number of hydrogen-bond acceptors (Lipinski definition) is 1. The third-order valence-electron chi connectivity index (χ3n) is 1.62. The van der Waals surface area contributed by atoms with E-state index < -0.39 is 0 Å². The van der Waals surface area contributed by atoms with Crippen molar-refractivity contribution in [2.45, 2.75) is 0 Å². The van der Waals surface area contributed by atoms with Crippen molar-refractivity contribution in [2.24, 2.45) is 0 Å². The normalized spacial score (nSPS) is 9.73. The molecule has 0 saturated carbocycles.